The molecule has 0 amide bonds. The molecule has 0 radical (unpaired) electrons. The maximum Gasteiger partial charge on any atom is 0.332 e. The van der Waals surface area contributed by atoms with Gasteiger partial charge in [0.1, 0.15) is 0 Å². The molecule has 3 heterocycles. The van der Waals surface area contributed by atoms with Crippen LogP contribution in [0.5, 0.6) is 0 Å². The monoisotopic (exact) mass is 440 g/mol. The minimum Gasteiger partial charge on any atom is -0.304 e. The molecule has 1 N–H and O–H groups in total. The molecule has 2 aromatic carbocycles. The van der Waals surface area contributed by atoms with Gasteiger partial charge in [-0.05, 0) is 54.8 Å². The largest absolute Gasteiger partial charge is 0.332 e. The summed E-state index contributed by atoms with van der Waals surface area (Å²) in [4.78, 5) is 19.6. The number of sulfonamides is 1. The van der Waals surface area contributed by atoms with Gasteiger partial charge in [0, 0.05) is 12.7 Å². The molecule has 0 saturated heterocycles. The minimum atomic E-state index is -3.84. The van der Waals surface area contributed by atoms with E-state index < -0.39 is 15.7 Å². The number of aromatic amines is 1. The van der Waals surface area contributed by atoms with Gasteiger partial charge in [-0.2, -0.15) is 0 Å². The van der Waals surface area contributed by atoms with Gasteiger partial charge in [0.15, 0.2) is 5.65 Å². The molecule has 2 aromatic heterocycles. The van der Waals surface area contributed by atoms with Gasteiger partial charge in [0.2, 0.25) is 0 Å². The van der Waals surface area contributed by atoms with E-state index in [0.29, 0.717) is 23.4 Å². The number of H-pyrrole nitrogens is 1. The molecular formula is C21H17ClN4O3S. The first kappa shape index (κ1) is 18.9. The van der Waals surface area contributed by atoms with Gasteiger partial charge in [0.05, 0.1) is 26.8 Å². The zero-order chi connectivity index (χ0) is 20.9. The molecule has 0 bridgehead atoms. The lowest BCUT2D eigenvalue weighted by Crippen LogP contribution is -2.35. The van der Waals surface area contributed by atoms with Gasteiger partial charge in [0.25, 0.3) is 10.0 Å². The first-order chi connectivity index (χ1) is 14.5. The Hall–Kier alpha value is -3.10. The fourth-order valence-electron chi connectivity index (χ4n) is 3.86. The van der Waals surface area contributed by atoms with Crippen LogP contribution < -0.4 is 9.99 Å². The van der Waals surface area contributed by atoms with Crippen LogP contribution in [-0.4, -0.2) is 29.5 Å². The van der Waals surface area contributed by atoms with Crippen LogP contribution >= 0.6 is 11.6 Å². The van der Waals surface area contributed by atoms with Crippen molar-refractivity contribution < 1.29 is 8.42 Å². The average molecular weight is 441 g/mol. The summed E-state index contributed by atoms with van der Waals surface area (Å²) in [6.45, 7) is 0.395. The second kappa shape index (κ2) is 7.00. The maximum absolute atomic E-state index is 13.5. The van der Waals surface area contributed by atoms with Crippen molar-refractivity contribution >= 4 is 38.5 Å². The molecule has 0 aliphatic carbocycles. The van der Waals surface area contributed by atoms with E-state index in [9.17, 15) is 13.2 Å². The molecule has 5 rings (SSSR count). The SMILES string of the molecule is O=c1[nH]c2cccnc2n1-c1cc(S(=O)(=O)N2CCCc3ccccc32)ccc1Cl. The fraction of sp³-hybridized carbons (Fsp3) is 0.143. The molecule has 7 nitrogen and oxygen atoms in total. The summed E-state index contributed by atoms with van der Waals surface area (Å²) < 4.78 is 29.7. The predicted octanol–water partition coefficient (Wildman–Crippen LogP) is 3.51. The zero-order valence-electron chi connectivity index (χ0n) is 15.7. The molecule has 0 saturated carbocycles. The third-order valence-electron chi connectivity index (χ3n) is 5.26. The Bertz CT molecular complexity index is 1440. The minimum absolute atomic E-state index is 0.0655. The van der Waals surface area contributed by atoms with Gasteiger partial charge < -0.3 is 4.98 Å². The van der Waals surface area contributed by atoms with Crippen LogP contribution in [0.2, 0.25) is 5.02 Å². The number of benzene rings is 2. The number of pyridine rings is 1. The third-order valence-corrected chi connectivity index (χ3v) is 7.39. The van der Waals surface area contributed by atoms with Crippen molar-refractivity contribution in [1.82, 2.24) is 14.5 Å². The van der Waals surface area contributed by atoms with Gasteiger partial charge in [-0.25, -0.2) is 22.8 Å². The number of nitrogens with one attached hydrogen (secondary N) is 1. The van der Waals surface area contributed by atoms with Crippen LogP contribution in [-0.2, 0) is 16.4 Å². The Morgan fingerprint density at radius 3 is 2.73 bits per heavy atom. The lowest BCUT2D eigenvalue weighted by Gasteiger charge is -2.30. The number of hydrogen-bond donors (Lipinski definition) is 1. The van der Waals surface area contributed by atoms with E-state index in [0.717, 1.165) is 18.4 Å². The standard InChI is InChI=1S/C21H17ClN4O3S/c22-16-10-9-15(13-19(16)26-20-17(24-21(26)27)7-3-11-23-20)30(28,29)25-12-4-6-14-5-1-2-8-18(14)25/h1-3,5,7-11,13H,4,6,12H2,(H,24,27). The molecule has 4 aromatic rings. The fourth-order valence-corrected chi connectivity index (χ4v) is 5.63. The summed E-state index contributed by atoms with van der Waals surface area (Å²) in [7, 11) is -3.84. The lowest BCUT2D eigenvalue weighted by molar-refractivity contribution is 0.586. The number of aromatic nitrogens is 3. The predicted molar refractivity (Wildman–Crippen MR) is 116 cm³/mol. The Morgan fingerprint density at radius 1 is 1.03 bits per heavy atom. The first-order valence-corrected chi connectivity index (χ1v) is 11.2. The van der Waals surface area contributed by atoms with E-state index in [1.54, 1.807) is 18.3 Å². The summed E-state index contributed by atoms with van der Waals surface area (Å²) in [5.41, 5.74) is 2.42. The average Bonchev–Trinajstić information content (AvgIpc) is 3.09. The summed E-state index contributed by atoms with van der Waals surface area (Å²) in [5, 5.41) is 0.252. The zero-order valence-corrected chi connectivity index (χ0v) is 17.3. The number of para-hydroxylation sites is 1. The van der Waals surface area contributed by atoms with Gasteiger partial charge in [-0.1, -0.05) is 29.8 Å². The molecule has 0 spiro atoms. The molecule has 1 aliphatic heterocycles. The van der Waals surface area contributed by atoms with Crippen molar-refractivity contribution in [2.24, 2.45) is 0 Å². The van der Waals surface area contributed by atoms with Crippen LogP contribution in [0.25, 0.3) is 16.9 Å². The summed E-state index contributed by atoms with van der Waals surface area (Å²) in [5.74, 6) is 0. The van der Waals surface area contributed by atoms with E-state index in [2.05, 4.69) is 9.97 Å². The van der Waals surface area contributed by atoms with E-state index in [1.165, 1.54) is 27.1 Å². The molecule has 0 unspecified atom stereocenters. The molecule has 30 heavy (non-hydrogen) atoms. The highest BCUT2D eigenvalue weighted by molar-refractivity contribution is 7.92. The molecule has 9 heteroatoms. The molecular weight excluding hydrogens is 424 g/mol. The number of fused-ring (bicyclic) bond motifs is 2. The smallest absolute Gasteiger partial charge is 0.304 e. The van der Waals surface area contributed by atoms with Crippen LogP contribution in [0.3, 0.4) is 0 Å². The van der Waals surface area contributed by atoms with E-state index in [-0.39, 0.29) is 15.6 Å². The van der Waals surface area contributed by atoms with Crippen LogP contribution in [0, 0.1) is 0 Å². The van der Waals surface area contributed by atoms with Crippen LogP contribution in [0.1, 0.15) is 12.0 Å². The summed E-state index contributed by atoms with van der Waals surface area (Å²) in [6.07, 6.45) is 3.14. The number of aryl methyl sites for hydroxylation is 1. The van der Waals surface area contributed by atoms with Crippen LogP contribution in [0.15, 0.2) is 70.5 Å². The molecule has 0 atom stereocenters. The molecule has 1 aliphatic rings. The highest BCUT2D eigenvalue weighted by atomic mass is 35.5. The Balaban J connectivity index is 1.67. The Morgan fingerprint density at radius 2 is 1.87 bits per heavy atom. The second-order valence-electron chi connectivity index (χ2n) is 7.06. The summed E-state index contributed by atoms with van der Waals surface area (Å²) >= 11 is 6.37. The maximum atomic E-state index is 13.5. The van der Waals surface area contributed by atoms with E-state index in [1.807, 2.05) is 24.3 Å². The molecule has 0 fully saturated rings. The van der Waals surface area contributed by atoms with Crippen molar-refractivity contribution in [1.29, 1.82) is 0 Å². The highest BCUT2D eigenvalue weighted by Crippen LogP contribution is 2.33. The third kappa shape index (κ3) is 2.91. The van der Waals surface area contributed by atoms with Crippen molar-refractivity contribution in [3.63, 3.8) is 0 Å². The highest BCUT2D eigenvalue weighted by Gasteiger charge is 2.29. The van der Waals surface area contributed by atoms with Crippen molar-refractivity contribution in [2.45, 2.75) is 17.7 Å². The van der Waals surface area contributed by atoms with Crippen molar-refractivity contribution in [3.05, 3.63) is 81.9 Å². The van der Waals surface area contributed by atoms with Gasteiger partial charge in [-0.15, -0.1) is 0 Å². The molecule has 152 valence electrons. The Kier molecular flexibility index (Phi) is 4.41. The van der Waals surface area contributed by atoms with Gasteiger partial charge in [-0.3, -0.25) is 4.31 Å². The number of rotatable bonds is 3. The quantitative estimate of drug-likeness (QED) is 0.528. The normalized spacial score (nSPS) is 14.1. The Labute approximate surface area is 177 Å². The number of halogens is 1. The van der Waals surface area contributed by atoms with Crippen molar-refractivity contribution in [3.8, 4) is 5.69 Å². The number of nitrogens with zero attached hydrogens (tertiary/aromatic N) is 3. The summed E-state index contributed by atoms with van der Waals surface area (Å²) in [6, 6.07) is 15.3. The van der Waals surface area contributed by atoms with Crippen LogP contribution in [0.4, 0.5) is 5.69 Å². The number of anilines is 1. The second-order valence-corrected chi connectivity index (χ2v) is 9.33. The number of hydrogen-bond acceptors (Lipinski definition) is 4. The van der Waals surface area contributed by atoms with Gasteiger partial charge >= 0.3 is 5.69 Å². The van der Waals surface area contributed by atoms with Crippen molar-refractivity contribution in [2.75, 3.05) is 10.8 Å². The first-order valence-electron chi connectivity index (χ1n) is 9.43. The lowest BCUT2D eigenvalue weighted by atomic mass is 10.0. The number of imidazole rings is 1. The van der Waals surface area contributed by atoms with E-state index >= 15 is 0 Å². The van der Waals surface area contributed by atoms with E-state index in [4.69, 9.17) is 11.6 Å². The topological polar surface area (TPSA) is 88.1 Å².